The first kappa shape index (κ1) is 15.5. The van der Waals surface area contributed by atoms with Crippen molar-refractivity contribution in [1.82, 2.24) is 10.2 Å². The van der Waals surface area contributed by atoms with E-state index in [2.05, 4.69) is 39.7 Å². The Balaban J connectivity index is 1.76. The summed E-state index contributed by atoms with van der Waals surface area (Å²) in [5.41, 5.74) is 1.37. The Morgan fingerprint density at radius 3 is 3.04 bits per heavy atom. The molecule has 4 nitrogen and oxygen atoms in total. The van der Waals surface area contributed by atoms with Gasteiger partial charge in [-0.2, -0.15) is 0 Å². The lowest BCUT2D eigenvalue weighted by molar-refractivity contribution is 0.294. The number of hydrogen-bond donors (Lipinski definition) is 2. The van der Waals surface area contributed by atoms with Gasteiger partial charge in [0.25, 0.3) is 0 Å². The molecule has 0 aliphatic carbocycles. The quantitative estimate of drug-likeness (QED) is 0.891. The zero-order valence-corrected chi connectivity index (χ0v) is 13.0. The van der Waals surface area contributed by atoms with Crippen LogP contribution in [0.15, 0.2) is 47.2 Å². The second-order valence-electron chi connectivity index (χ2n) is 5.64. The fourth-order valence-corrected chi connectivity index (χ4v) is 2.66. The van der Waals surface area contributed by atoms with E-state index in [4.69, 9.17) is 0 Å². The first-order chi connectivity index (χ1) is 11.2. The van der Waals surface area contributed by atoms with E-state index in [1.807, 2.05) is 6.20 Å². The molecule has 1 aromatic carbocycles. The van der Waals surface area contributed by atoms with Gasteiger partial charge in [0.15, 0.2) is 0 Å². The van der Waals surface area contributed by atoms with E-state index in [0.29, 0.717) is 5.96 Å². The van der Waals surface area contributed by atoms with Crippen molar-refractivity contribution in [3.63, 3.8) is 0 Å². The number of fused-ring (bicyclic) bond motifs is 1. The maximum atomic E-state index is 13.8. The molecule has 2 aliphatic rings. The fraction of sp³-hybridized carbons (Fsp3) is 0.353. The average Bonchev–Trinajstić information content (AvgIpc) is 2.55. The lowest BCUT2D eigenvalue weighted by Crippen LogP contribution is -2.42. The van der Waals surface area contributed by atoms with E-state index in [-0.39, 0.29) is 11.9 Å². The number of allylic oxidation sites excluding steroid dienone is 1. The van der Waals surface area contributed by atoms with E-state index < -0.39 is 11.6 Å². The summed E-state index contributed by atoms with van der Waals surface area (Å²) >= 11 is 0. The van der Waals surface area contributed by atoms with Crippen LogP contribution < -0.4 is 10.6 Å². The summed E-state index contributed by atoms with van der Waals surface area (Å²) in [6.45, 7) is 3.08. The van der Waals surface area contributed by atoms with Crippen molar-refractivity contribution >= 4 is 11.6 Å². The highest BCUT2D eigenvalue weighted by atomic mass is 19.1. The Kier molecular flexibility index (Phi) is 4.60. The molecule has 2 heterocycles. The van der Waals surface area contributed by atoms with Crippen LogP contribution in [0.1, 0.15) is 26.2 Å². The lowest BCUT2D eigenvalue weighted by Gasteiger charge is -2.35. The standard InChI is InChI=1S/C17H20F2N4/c1-2-3-8-23-9-4-5-12-11-20-17(22-16(12)23)21-15-7-6-13(18)10-14(15)19/h4,6-7,9-11,16H,2-3,5,8H2,1H3,(H2,20,21,22). The van der Waals surface area contributed by atoms with E-state index in [1.165, 1.54) is 17.7 Å². The highest BCUT2D eigenvalue weighted by molar-refractivity contribution is 5.95. The third-order valence-corrected chi connectivity index (χ3v) is 3.90. The molecule has 0 saturated heterocycles. The SMILES string of the molecule is CCCCN1C=CCC2=CNC(Nc3ccc(F)cc3F)=NC21. The molecule has 3 rings (SSSR count). The van der Waals surface area contributed by atoms with Crippen molar-refractivity contribution in [2.75, 3.05) is 11.9 Å². The number of unbranched alkanes of at least 4 members (excludes halogenated alkanes) is 1. The molecule has 2 N–H and O–H groups in total. The molecule has 122 valence electrons. The van der Waals surface area contributed by atoms with Crippen molar-refractivity contribution in [3.05, 3.63) is 53.9 Å². The molecule has 0 aromatic heterocycles. The number of halogens is 2. The van der Waals surface area contributed by atoms with Gasteiger partial charge < -0.3 is 15.5 Å². The Hall–Kier alpha value is -2.37. The summed E-state index contributed by atoms with van der Waals surface area (Å²) in [6.07, 6.45) is 9.08. The predicted octanol–water partition coefficient (Wildman–Crippen LogP) is 3.57. The molecule has 0 spiro atoms. The average molecular weight is 318 g/mol. The largest absolute Gasteiger partial charge is 0.353 e. The van der Waals surface area contributed by atoms with E-state index >= 15 is 0 Å². The van der Waals surface area contributed by atoms with Crippen LogP contribution in [-0.2, 0) is 0 Å². The summed E-state index contributed by atoms with van der Waals surface area (Å²) in [6, 6.07) is 3.43. The zero-order valence-electron chi connectivity index (χ0n) is 13.0. The highest BCUT2D eigenvalue weighted by Crippen LogP contribution is 2.24. The Morgan fingerprint density at radius 2 is 2.26 bits per heavy atom. The molecule has 23 heavy (non-hydrogen) atoms. The molecular formula is C17H20F2N4. The summed E-state index contributed by atoms with van der Waals surface area (Å²) in [7, 11) is 0. The minimum Gasteiger partial charge on any atom is -0.353 e. The van der Waals surface area contributed by atoms with Crippen LogP contribution in [0.25, 0.3) is 0 Å². The molecule has 2 aliphatic heterocycles. The van der Waals surface area contributed by atoms with Crippen LogP contribution in [0.4, 0.5) is 14.5 Å². The Bertz CT molecular complexity index is 667. The number of benzene rings is 1. The van der Waals surface area contributed by atoms with Gasteiger partial charge in [0, 0.05) is 18.8 Å². The predicted molar refractivity (Wildman–Crippen MR) is 87.8 cm³/mol. The zero-order chi connectivity index (χ0) is 16.2. The topological polar surface area (TPSA) is 39.7 Å². The third kappa shape index (κ3) is 3.52. The number of guanidine groups is 1. The first-order valence-corrected chi connectivity index (χ1v) is 7.85. The minimum absolute atomic E-state index is 0.0705. The van der Waals surface area contributed by atoms with Gasteiger partial charge >= 0.3 is 0 Å². The number of hydrogen-bond acceptors (Lipinski definition) is 4. The second kappa shape index (κ2) is 6.81. The molecule has 1 atom stereocenters. The molecule has 0 bridgehead atoms. The van der Waals surface area contributed by atoms with Gasteiger partial charge in [-0.25, -0.2) is 13.8 Å². The van der Waals surface area contributed by atoms with E-state index in [0.717, 1.165) is 31.9 Å². The normalized spacial score (nSPS) is 19.6. The monoisotopic (exact) mass is 318 g/mol. The summed E-state index contributed by atoms with van der Waals surface area (Å²) in [5.74, 6) is -0.784. The third-order valence-electron chi connectivity index (χ3n) is 3.90. The van der Waals surface area contributed by atoms with Gasteiger partial charge in [-0.3, -0.25) is 0 Å². The summed E-state index contributed by atoms with van der Waals surface area (Å²) in [5, 5.41) is 5.93. The van der Waals surface area contributed by atoms with Crippen LogP contribution in [0.5, 0.6) is 0 Å². The molecular weight excluding hydrogens is 298 g/mol. The maximum absolute atomic E-state index is 13.8. The highest BCUT2D eigenvalue weighted by Gasteiger charge is 2.25. The molecule has 0 fully saturated rings. The molecule has 1 aromatic rings. The molecule has 0 amide bonds. The van der Waals surface area contributed by atoms with Crippen LogP contribution in [0.2, 0.25) is 0 Å². The summed E-state index contributed by atoms with van der Waals surface area (Å²) in [4.78, 5) is 6.82. The van der Waals surface area contributed by atoms with Crippen molar-refractivity contribution in [1.29, 1.82) is 0 Å². The smallest absolute Gasteiger partial charge is 0.202 e. The van der Waals surface area contributed by atoms with Gasteiger partial charge in [-0.1, -0.05) is 19.4 Å². The van der Waals surface area contributed by atoms with Crippen LogP contribution >= 0.6 is 0 Å². The molecule has 0 saturated carbocycles. The van der Waals surface area contributed by atoms with Crippen molar-refractivity contribution in [2.45, 2.75) is 32.4 Å². The fourth-order valence-electron chi connectivity index (χ4n) is 2.66. The maximum Gasteiger partial charge on any atom is 0.202 e. The van der Waals surface area contributed by atoms with E-state index in [1.54, 1.807) is 0 Å². The van der Waals surface area contributed by atoms with Crippen LogP contribution in [0.3, 0.4) is 0 Å². The minimum atomic E-state index is -0.643. The Labute approximate surface area is 134 Å². The number of nitrogens with one attached hydrogen (secondary N) is 2. The number of nitrogens with zero attached hydrogens (tertiary/aromatic N) is 2. The van der Waals surface area contributed by atoms with Crippen molar-refractivity contribution in [3.8, 4) is 0 Å². The number of anilines is 1. The molecule has 1 unspecified atom stereocenters. The van der Waals surface area contributed by atoms with Gasteiger partial charge in [0.1, 0.15) is 17.8 Å². The van der Waals surface area contributed by atoms with Crippen LogP contribution in [-0.4, -0.2) is 23.6 Å². The van der Waals surface area contributed by atoms with Gasteiger partial charge in [0.05, 0.1) is 5.69 Å². The van der Waals surface area contributed by atoms with Crippen molar-refractivity contribution < 1.29 is 8.78 Å². The van der Waals surface area contributed by atoms with Gasteiger partial charge in [0.2, 0.25) is 5.96 Å². The van der Waals surface area contributed by atoms with Crippen LogP contribution in [0, 0.1) is 11.6 Å². The molecule has 6 heteroatoms. The van der Waals surface area contributed by atoms with Crippen molar-refractivity contribution in [2.24, 2.45) is 4.99 Å². The summed E-state index contributed by atoms with van der Waals surface area (Å²) < 4.78 is 26.7. The van der Waals surface area contributed by atoms with E-state index in [9.17, 15) is 8.78 Å². The first-order valence-electron chi connectivity index (χ1n) is 7.85. The van der Waals surface area contributed by atoms with Gasteiger partial charge in [-0.15, -0.1) is 0 Å². The van der Waals surface area contributed by atoms with Gasteiger partial charge in [-0.05, 0) is 36.7 Å². The second-order valence-corrected chi connectivity index (χ2v) is 5.64. The number of rotatable bonds is 4. The Morgan fingerprint density at radius 1 is 1.39 bits per heavy atom. The number of aliphatic imine (C=N–C) groups is 1. The lowest BCUT2D eigenvalue weighted by atomic mass is 10.1. The molecule has 0 radical (unpaired) electrons.